The van der Waals surface area contributed by atoms with Crippen LogP contribution in [0.25, 0.3) is 0 Å². The van der Waals surface area contributed by atoms with E-state index in [0.29, 0.717) is 34.1 Å². The number of Topliss-reactive ketones (excluding diaryl/α,β-unsaturated/α-hetero) is 2. The Kier molecular flexibility index (Phi) is 12.1. The lowest BCUT2D eigenvalue weighted by molar-refractivity contribution is -0.125. The van der Waals surface area contributed by atoms with Crippen LogP contribution >= 0.6 is 95.6 Å². The molecular formula is C29H26Br6N4O9. The second-order valence-electron chi connectivity index (χ2n) is 11.3. The third kappa shape index (κ3) is 7.72. The first-order valence-corrected chi connectivity index (χ1v) is 19.3. The molecule has 6 atom stereocenters. The van der Waals surface area contributed by atoms with E-state index in [2.05, 4.69) is 117 Å². The van der Waals surface area contributed by atoms with E-state index in [-0.39, 0.29) is 57.9 Å². The summed E-state index contributed by atoms with van der Waals surface area (Å²) in [5.74, 6) is -0.962. The number of oxime groups is 2. The molecule has 2 heterocycles. The first kappa shape index (κ1) is 37.8. The van der Waals surface area contributed by atoms with Crippen molar-refractivity contribution in [3.63, 3.8) is 0 Å². The van der Waals surface area contributed by atoms with Gasteiger partial charge in [-0.15, -0.1) is 0 Å². The van der Waals surface area contributed by atoms with Crippen LogP contribution in [-0.4, -0.2) is 97.8 Å². The Morgan fingerprint density at radius 2 is 1.29 bits per heavy atom. The number of hydrogen-bond acceptors (Lipinski definition) is 11. The van der Waals surface area contributed by atoms with Gasteiger partial charge in [-0.3, -0.25) is 19.2 Å². The molecule has 13 nitrogen and oxygen atoms in total. The Morgan fingerprint density at radius 1 is 0.833 bits per heavy atom. The zero-order chi connectivity index (χ0) is 35.0. The Morgan fingerprint density at radius 3 is 1.77 bits per heavy atom. The molecule has 2 aliphatic heterocycles. The predicted octanol–water partition coefficient (Wildman–Crippen LogP) is 3.76. The van der Waals surface area contributed by atoms with Crippen LogP contribution < -0.4 is 15.4 Å². The minimum atomic E-state index is -1.32. The Balaban J connectivity index is 1.04. The highest BCUT2D eigenvalue weighted by Gasteiger charge is 2.54. The van der Waals surface area contributed by atoms with E-state index in [1.54, 1.807) is 0 Å². The summed E-state index contributed by atoms with van der Waals surface area (Å²) in [5, 5.41) is 34.5. The van der Waals surface area contributed by atoms with Gasteiger partial charge in [-0.2, -0.15) is 0 Å². The van der Waals surface area contributed by atoms with Crippen LogP contribution in [0, 0.1) is 0 Å². The normalized spacial score (nSPS) is 29.5. The molecule has 1 aromatic carbocycles. The van der Waals surface area contributed by atoms with E-state index in [9.17, 15) is 29.4 Å². The number of ether oxygens (including phenoxy) is 1. The lowest BCUT2D eigenvalue weighted by Crippen LogP contribution is -2.52. The number of nitrogens with zero attached hydrogens (tertiary/aromatic N) is 2. The van der Waals surface area contributed by atoms with Crippen molar-refractivity contribution in [2.75, 3.05) is 19.7 Å². The summed E-state index contributed by atoms with van der Waals surface area (Å²) < 4.78 is 7.79. The number of hydrogen-bond donors (Lipinski definition) is 4. The number of rotatable bonds is 10. The van der Waals surface area contributed by atoms with Gasteiger partial charge >= 0.3 is 0 Å². The molecule has 1 aromatic rings. The first-order chi connectivity index (χ1) is 22.7. The van der Waals surface area contributed by atoms with Crippen LogP contribution in [0.4, 0.5) is 0 Å². The quantitative estimate of drug-likeness (QED) is 0.200. The van der Waals surface area contributed by atoms with Crippen molar-refractivity contribution < 1.29 is 43.8 Å². The maximum Gasteiger partial charge on any atom is 0.269 e. The molecule has 0 fully saturated rings. The van der Waals surface area contributed by atoms with E-state index in [4.69, 9.17) is 14.4 Å². The van der Waals surface area contributed by atoms with Crippen LogP contribution in [-0.2, 0) is 35.3 Å². The fourth-order valence-corrected chi connectivity index (χ4v) is 10.1. The predicted molar refractivity (Wildman–Crippen MR) is 195 cm³/mol. The summed E-state index contributed by atoms with van der Waals surface area (Å²) in [6.07, 6.45) is 1.41. The highest BCUT2D eigenvalue weighted by atomic mass is 79.9. The average Bonchev–Trinajstić information content (AvgIpc) is 3.68. The molecule has 0 radical (unpaired) electrons. The number of alkyl halides is 2. The van der Waals surface area contributed by atoms with Crippen molar-refractivity contribution in [1.29, 1.82) is 0 Å². The van der Waals surface area contributed by atoms with Gasteiger partial charge in [-0.1, -0.05) is 42.2 Å². The number of aliphatic hydroxyl groups excluding tert-OH is 2. The summed E-state index contributed by atoms with van der Waals surface area (Å²) in [6, 6.07) is 3.75. The van der Waals surface area contributed by atoms with E-state index in [1.807, 2.05) is 12.1 Å². The molecule has 258 valence electrons. The van der Waals surface area contributed by atoms with Crippen LogP contribution in [0.3, 0.4) is 0 Å². The number of carbonyl (C=O) groups excluding carboxylic acids is 4. The number of aliphatic hydroxyl groups is 2. The standard InChI is InChI=1S/C29H26Br6N4O9/c30-13-6-12(2-4-37-27(45)18-11-29(48-39-18)9-16(33)22(41)20(35)25(29)43)7-14(31)23(13)46-5-1-3-36-26(44)17-10-28(47-38-17)8-15(32)21(40)19(34)24(28)42/h6-9,19-20,24-25,42-43H,1-5,10-11H2,(H,36,44)(H,37,45)/t19-,20-,24+,25+,28-,29-/m1/s1. The van der Waals surface area contributed by atoms with E-state index in [1.165, 1.54) is 12.2 Å². The number of allylic oxidation sites excluding steroid dienone is 2. The van der Waals surface area contributed by atoms with Crippen molar-refractivity contribution in [2.24, 2.45) is 10.3 Å². The van der Waals surface area contributed by atoms with Crippen molar-refractivity contribution >= 4 is 130 Å². The van der Waals surface area contributed by atoms with Gasteiger partial charge in [0, 0.05) is 25.9 Å². The molecule has 2 amide bonds. The monoisotopic (exact) mass is 1050 g/mol. The van der Waals surface area contributed by atoms with Crippen LogP contribution in [0.15, 0.2) is 52.5 Å². The van der Waals surface area contributed by atoms with Crippen LogP contribution in [0.1, 0.15) is 24.8 Å². The number of benzene rings is 1. The molecule has 0 saturated carbocycles. The summed E-state index contributed by atoms with van der Waals surface area (Å²) in [6.45, 7) is 0.875. The van der Waals surface area contributed by atoms with Gasteiger partial charge in [-0.05, 0) is 106 Å². The second-order valence-corrected chi connectivity index (χ2v) is 16.7. The highest BCUT2D eigenvalue weighted by molar-refractivity contribution is 9.12. The van der Waals surface area contributed by atoms with E-state index >= 15 is 0 Å². The number of nitrogens with one attached hydrogen (secondary N) is 2. The zero-order valence-electron chi connectivity index (χ0n) is 24.5. The van der Waals surface area contributed by atoms with Gasteiger partial charge in [0.25, 0.3) is 11.8 Å². The summed E-state index contributed by atoms with van der Waals surface area (Å²) in [5.41, 5.74) is -1.52. The van der Waals surface area contributed by atoms with Crippen molar-refractivity contribution in [2.45, 2.75) is 58.7 Å². The minimum Gasteiger partial charge on any atom is -0.491 e. The Bertz CT molecular complexity index is 1650. The fourth-order valence-electron chi connectivity index (χ4n) is 5.30. The molecule has 4 aliphatic rings. The molecule has 5 rings (SSSR count). The van der Waals surface area contributed by atoms with Gasteiger partial charge in [0.1, 0.15) is 39.0 Å². The van der Waals surface area contributed by atoms with Crippen LogP contribution in [0.5, 0.6) is 5.75 Å². The lowest BCUT2D eigenvalue weighted by Gasteiger charge is -2.34. The Hall–Kier alpha value is -1.48. The van der Waals surface area contributed by atoms with Gasteiger partial charge in [0.05, 0.1) is 24.5 Å². The smallest absolute Gasteiger partial charge is 0.269 e. The molecule has 0 bridgehead atoms. The third-order valence-corrected chi connectivity index (χ3v) is 12.2. The van der Waals surface area contributed by atoms with E-state index < -0.39 is 44.9 Å². The zero-order valence-corrected chi connectivity index (χ0v) is 34.0. The molecule has 2 spiro atoms. The fraction of sp³-hybridized carbons (Fsp3) is 0.448. The van der Waals surface area contributed by atoms with E-state index in [0.717, 1.165) is 5.56 Å². The highest BCUT2D eigenvalue weighted by Crippen LogP contribution is 2.41. The summed E-state index contributed by atoms with van der Waals surface area (Å²) in [7, 11) is 0. The molecule has 0 unspecified atom stereocenters. The molecule has 0 saturated heterocycles. The van der Waals surface area contributed by atoms with Gasteiger partial charge in [-0.25, -0.2) is 0 Å². The topological polar surface area (TPSA) is 185 Å². The molecular weight excluding hydrogens is 1030 g/mol. The van der Waals surface area contributed by atoms with Crippen molar-refractivity contribution in [3.8, 4) is 5.75 Å². The van der Waals surface area contributed by atoms with Gasteiger partial charge < -0.3 is 35.3 Å². The van der Waals surface area contributed by atoms with Crippen LogP contribution in [0.2, 0.25) is 0 Å². The summed E-state index contributed by atoms with van der Waals surface area (Å²) >= 11 is 19.8. The maximum atomic E-state index is 12.8. The molecule has 4 N–H and O–H groups in total. The summed E-state index contributed by atoms with van der Waals surface area (Å²) in [4.78, 5) is 58.7. The molecule has 19 heteroatoms. The van der Waals surface area contributed by atoms with Gasteiger partial charge in [0.15, 0.2) is 22.8 Å². The lowest BCUT2D eigenvalue weighted by atomic mass is 9.83. The molecule has 0 aromatic heterocycles. The minimum absolute atomic E-state index is 0.00160. The first-order valence-electron chi connectivity index (χ1n) is 14.3. The largest absolute Gasteiger partial charge is 0.491 e. The Labute approximate surface area is 324 Å². The molecule has 2 aliphatic carbocycles. The van der Waals surface area contributed by atoms with Gasteiger partial charge in [0.2, 0.25) is 0 Å². The SMILES string of the molecule is O=C(NCCCOc1c(Br)cc(CCNC(=O)C2=NO[C@]3(C=C(Br)C(=O)[C@@H](Br)[C@@H]3O)C2)cc1Br)C1=NO[C@]2(C=C(Br)C(=O)[C@@H](Br)[C@@H]2O)C1. The number of carbonyl (C=O) groups is 4. The molecule has 48 heavy (non-hydrogen) atoms. The second kappa shape index (κ2) is 15.4. The maximum absolute atomic E-state index is 12.8. The van der Waals surface area contributed by atoms with Crippen molar-refractivity contribution in [1.82, 2.24) is 10.6 Å². The number of ketones is 2. The van der Waals surface area contributed by atoms with Crippen molar-refractivity contribution in [3.05, 3.63) is 47.8 Å². The number of amides is 2. The average molecular weight is 1050 g/mol. The third-order valence-electron chi connectivity index (χ3n) is 7.94. The number of halogens is 6.